The Labute approximate surface area is 164 Å². The van der Waals surface area contributed by atoms with Gasteiger partial charge in [-0.05, 0) is 59.0 Å². The Bertz CT molecular complexity index is 1040. The molecule has 10 heteroatoms. The second-order valence-electron chi connectivity index (χ2n) is 6.58. The number of halogens is 2. The SMILES string of the molecule is O=C(NCc1nnnn1-c1ccc(F)cc1)[C@H]1CC(=O)N(c2ccc(F)cc2)C1. The van der Waals surface area contributed by atoms with Gasteiger partial charge in [-0.15, -0.1) is 5.10 Å². The molecule has 148 valence electrons. The van der Waals surface area contributed by atoms with Crippen molar-refractivity contribution < 1.29 is 18.4 Å². The fourth-order valence-electron chi connectivity index (χ4n) is 3.16. The summed E-state index contributed by atoms with van der Waals surface area (Å²) in [5.41, 5.74) is 1.10. The van der Waals surface area contributed by atoms with E-state index in [0.29, 0.717) is 17.2 Å². The molecule has 2 heterocycles. The Morgan fingerprint density at radius 2 is 1.66 bits per heavy atom. The molecule has 2 aromatic carbocycles. The van der Waals surface area contributed by atoms with Crippen LogP contribution in [0.4, 0.5) is 14.5 Å². The molecule has 1 atom stereocenters. The van der Waals surface area contributed by atoms with Crippen molar-refractivity contribution in [2.24, 2.45) is 5.92 Å². The molecular formula is C19H16F2N6O2. The maximum Gasteiger partial charge on any atom is 0.227 e. The zero-order chi connectivity index (χ0) is 20.4. The van der Waals surface area contributed by atoms with Crippen molar-refractivity contribution in [2.45, 2.75) is 13.0 Å². The summed E-state index contributed by atoms with van der Waals surface area (Å²) in [4.78, 5) is 26.3. The van der Waals surface area contributed by atoms with Crippen molar-refractivity contribution in [3.63, 3.8) is 0 Å². The van der Waals surface area contributed by atoms with E-state index in [1.54, 1.807) is 0 Å². The summed E-state index contributed by atoms with van der Waals surface area (Å²) in [6.45, 7) is 0.254. The lowest BCUT2D eigenvalue weighted by Gasteiger charge is -2.16. The first-order valence-electron chi connectivity index (χ1n) is 8.88. The molecule has 1 aromatic heterocycles. The third kappa shape index (κ3) is 3.96. The van der Waals surface area contributed by atoms with Gasteiger partial charge in [-0.2, -0.15) is 4.68 Å². The van der Waals surface area contributed by atoms with Gasteiger partial charge in [0, 0.05) is 18.7 Å². The first-order valence-corrected chi connectivity index (χ1v) is 8.88. The van der Waals surface area contributed by atoms with Gasteiger partial charge in [0.1, 0.15) is 11.6 Å². The average molecular weight is 398 g/mol. The van der Waals surface area contributed by atoms with Gasteiger partial charge in [-0.25, -0.2) is 8.78 Å². The van der Waals surface area contributed by atoms with Crippen LogP contribution >= 0.6 is 0 Å². The van der Waals surface area contributed by atoms with Gasteiger partial charge in [0.15, 0.2) is 5.82 Å². The number of aromatic nitrogens is 4. The highest BCUT2D eigenvalue weighted by atomic mass is 19.1. The van der Waals surface area contributed by atoms with Crippen molar-refractivity contribution in [1.82, 2.24) is 25.5 Å². The number of rotatable bonds is 5. The van der Waals surface area contributed by atoms with Crippen LogP contribution in [0.5, 0.6) is 0 Å². The molecule has 0 spiro atoms. The molecule has 4 rings (SSSR count). The number of nitrogens with one attached hydrogen (secondary N) is 1. The van der Waals surface area contributed by atoms with Crippen LogP contribution in [0.1, 0.15) is 12.2 Å². The highest BCUT2D eigenvalue weighted by Gasteiger charge is 2.35. The lowest BCUT2D eigenvalue weighted by Crippen LogP contribution is -2.33. The van der Waals surface area contributed by atoms with E-state index in [0.717, 1.165) is 0 Å². The summed E-state index contributed by atoms with van der Waals surface area (Å²) < 4.78 is 27.6. The number of nitrogens with zero attached hydrogens (tertiary/aromatic N) is 5. The largest absolute Gasteiger partial charge is 0.348 e. The Morgan fingerprint density at radius 3 is 2.31 bits per heavy atom. The molecular weight excluding hydrogens is 382 g/mol. The Balaban J connectivity index is 1.40. The van der Waals surface area contributed by atoms with Gasteiger partial charge < -0.3 is 10.2 Å². The number of benzene rings is 2. The number of hydrogen-bond donors (Lipinski definition) is 1. The molecule has 8 nitrogen and oxygen atoms in total. The minimum absolute atomic E-state index is 0.0461. The monoisotopic (exact) mass is 398 g/mol. The third-order valence-corrected chi connectivity index (χ3v) is 4.66. The number of carbonyl (C=O) groups excluding carboxylic acids is 2. The van der Waals surface area contributed by atoms with E-state index in [9.17, 15) is 18.4 Å². The van der Waals surface area contributed by atoms with Crippen molar-refractivity contribution >= 4 is 17.5 Å². The Kier molecular flexibility index (Phi) is 4.98. The predicted molar refractivity (Wildman–Crippen MR) is 97.8 cm³/mol. The van der Waals surface area contributed by atoms with Crippen molar-refractivity contribution in [2.75, 3.05) is 11.4 Å². The average Bonchev–Trinajstić information content (AvgIpc) is 3.34. The summed E-state index contributed by atoms with van der Waals surface area (Å²) in [5, 5.41) is 14.1. The molecule has 29 heavy (non-hydrogen) atoms. The molecule has 0 saturated carbocycles. The Hall–Kier alpha value is -3.69. The normalized spacial score (nSPS) is 16.3. The second kappa shape index (κ2) is 7.74. The summed E-state index contributed by atoms with van der Waals surface area (Å²) >= 11 is 0. The lowest BCUT2D eigenvalue weighted by molar-refractivity contribution is -0.126. The molecule has 0 aliphatic carbocycles. The smallest absolute Gasteiger partial charge is 0.227 e. The number of anilines is 1. The summed E-state index contributed by atoms with van der Waals surface area (Å²) in [6.07, 6.45) is 0.0616. The second-order valence-corrected chi connectivity index (χ2v) is 6.58. The number of hydrogen-bond acceptors (Lipinski definition) is 5. The van der Waals surface area contributed by atoms with Crippen LogP contribution in [0, 0.1) is 17.6 Å². The van der Waals surface area contributed by atoms with Crippen LogP contribution < -0.4 is 10.2 Å². The topological polar surface area (TPSA) is 93.0 Å². The standard InChI is InChI=1S/C19H16F2N6O2/c20-13-1-5-15(6-2-13)26-11-12(9-18(26)28)19(29)22-10-17-23-24-25-27(17)16-7-3-14(21)4-8-16/h1-8,12H,9-11H2,(H,22,29)/t12-/m0/s1. The molecule has 1 N–H and O–H groups in total. The van der Waals surface area contributed by atoms with Gasteiger partial charge >= 0.3 is 0 Å². The predicted octanol–water partition coefficient (Wildman–Crippen LogP) is 1.61. The van der Waals surface area contributed by atoms with E-state index < -0.39 is 11.7 Å². The van der Waals surface area contributed by atoms with Crippen LogP contribution in [0.25, 0.3) is 5.69 Å². The minimum Gasteiger partial charge on any atom is -0.348 e. The van der Waals surface area contributed by atoms with E-state index >= 15 is 0 Å². The Morgan fingerprint density at radius 1 is 1.03 bits per heavy atom. The maximum atomic E-state index is 13.1. The van der Waals surface area contributed by atoms with Gasteiger partial charge in [0.05, 0.1) is 18.2 Å². The van der Waals surface area contributed by atoms with E-state index in [2.05, 4.69) is 20.8 Å². The van der Waals surface area contributed by atoms with Crippen molar-refractivity contribution in [3.8, 4) is 5.69 Å². The first-order chi connectivity index (χ1) is 14.0. The molecule has 1 aliphatic rings. The lowest BCUT2D eigenvalue weighted by atomic mass is 10.1. The van der Waals surface area contributed by atoms with Crippen LogP contribution in [-0.4, -0.2) is 38.6 Å². The van der Waals surface area contributed by atoms with Crippen molar-refractivity contribution in [3.05, 3.63) is 66.0 Å². The van der Waals surface area contributed by atoms with Gasteiger partial charge in [-0.3, -0.25) is 9.59 Å². The van der Waals surface area contributed by atoms with E-state index in [-0.39, 0.29) is 37.1 Å². The maximum absolute atomic E-state index is 13.1. The van der Waals surface area contributed by atoms with Crippen LogP contribution in [0.15, 0.2) is 48.5 Å². The van der Waals surface area contributed by atoms with Gasteiger partial charge in [0.2, 0.25) is 11.8 Å². The summed E-state index contributed by atoms with van der Waals surface area (Å²) in [7, 11) is 0. The van der Waals surface area contributed by atoms with E-state index in [1.165, 1.54) is 58.1 Å². The van der Waals surface area contributed by atoms with Crippen LogP contribution in [0.3, 0.4) is 0 Å². The van der Waals surface area contributed by atoms with Crippen molar-refractivity contribution in [1.29, 1.82) is 0 Å². The van der Waals surface area contributed by atoms with Gasteiger partial charge in [-0.1, -0.05) is 0 Å². The van der Waals surface area contributed by atoms with E-state index in [1.807, 2.05) is 0 Å². The zero-order valence-electron chi connectivity index (χ0n) is 15.1. The number of tetrazole rings is 1. The summed E-state index contributed by atoms with van der Waals surface area (Å²) in [5.74, 6) is -1.46. The minimum atomic E-state index is -0.539. The van der Waals surface area contributed by atoms with Crippen LogP contribution in [-0.2, 0) is 16.1 Å². The molecule has 1 fully saturated rings. The van der Waals surface area contributed by atoms with Gasteiger partial charge in [0.25, 0.3) is 0 Å². The van der Waals surface area contributed by atoms with Crippen LogP contribution in [0.2, 0.25) is 0 Å². The first kappa shape index (κ1) is 18.7. The molecule has 2 amide bonds. The molecule has 0 unspecified atom stereocenters. The third-order valence-electron chi connectivity index (χ3n) is 4.66. The number of amides is 2. The zero-order valence-corrected chi connectivity index (χ0v) is 15.1. The quantitative estimate of drug-likeness (QED) is 0.705. The molecule has 1 saturated heterocycles. The summed E-state index contributed by atoms with van der Waals surface area (Å²) in [6, 6.07) is 11.2. The fourth-order valence-corrected chi connectivity index (χ4v) is 3.16. The highest BCUT2D eigenvalue weighted by molar-refractivity contribution is 6.00. The highest BCUT2D eigenvalue weighted by Crippen LogP contribution is 2.25. The molecule has 0 radical (unpaired) electrons. The molecule has 1 aliphatic heterocycles. The van der Waals surface area contributed by atoms with E-state index in [4.69, 9.17) is 0 Å². The molecule has 0 bridgehead atoms. The number of carbonyl (C=O) groups is 2. The molecule has 3 aromatic rings. The fraction of sp³-hybridized carbons (Fsp3) is 0.211.